The minimum atomic E-state index is -2.38. The van der Waals surface area contributed by atoms with Crippen LogP contribution in [0, 0.1) is 0 Å². The second-order valence-corrected chi connectivity index (χ2v) is 3.95. The van der Waals surface area contributed by atoms with Crippen molar-refractivity contribution < 1.29 is 8.78 Å². The number of nitrogens with one attached hydrogen (secondary N) is 1. The highest BCUT2D eigenvalue weighted by molar-refractivity contribution is 5.23. The van der Waals surface area contributed by atoms with Crippen molar-refractivity contribution in [1.29, 1.82) is 0 Å². The Morgan fingerprint density at radius 3 is 2.38 bits per heavy atom. The molecule has 1 aromatic rings. The molecule has 0 heterocycles. The van der Waals surface area contributed by atoms with Crippen LogP contribution < -0.4 is 5.32 Å². The maximum atomic E-state index is 12.3. The van der Waals surface area contributed by atoms with Crippen molar-refractivity contribution in [2.24, 2.45) is 0 Å². The van der Waals surface area contributed by atoms with E-state index in [1.807, 2.05) is 13.8 Å². The highest BCUT2D eigenvalue weighted by Gasteiger charge is 2.05. The van der Waals surface area contributed by atoms with Gasteiger partial charge in [0.05, 0.1) is 0 Å². The quantitative estimate of drug-likeness (QED) is 0.595. The van der Waals surface area contributed by atoms with Crippen LogP contribution in [0.25, 0.3) is 0 Å². The predicted octanol–water partition coefficient (Wildman–Crippen LogP) is 3.68. The molecule has 16 heavy (non-hydrogen) atoms. The van der Waals surface area contributed by atoms with Crippen LogP contribution in [0.3, 0.4) is 0 Å². The molecule has 0 aliphatic heterocycles. The van der Waals surface area contributed by atoms with Gasteiger partial charge in [-0.05, 0) is 19.4 Å². The Bertz CT molecular complexity index is 337. The monoisotopic (exact) mass is 225 g/mol. The van der Waals surface area contributed by atoms with Crippen LogP contribution in [0.2, 0.25) is 0 Å². The van der Waals surface area contributed by atoms with Gasteiger partial charge in [-0.2, -0.15) is 0 Å². The largest absolute Gasteiger partial charge is 0.309 e. The second-order valence-electron chi connectivity index (χ2n) is 3.95. The maximum absolute atomic E-state index is 12.3. The van der Waals surface area contributed by atoms with Crippen molar-refractivity contribution in [3.8, 4) is 0 Å². The molecule has 88 valence electrons. The number of allylic oxidation sites excluding steroid dienone is 1. The van der Waals surface area contributed by atoms with Crippen LogP contribution >= 0.6 is 0 Å². The minimum Gasteiger partial charge on any atom is -0.309 e. The molecule has 0 bridgehead atoms. The summed E-state index contributed by atoms with van der Waals surface area (Å²) in [4.78, 5) is 0. The molecule has 0 radical (unpaired) electrons. The topological polar surface area (TPSA) is 12.0 Å². The summed E-state index contributed by atoms with van der Waals surface area (Å²) in [6.07, 6.45) is -0.291. The van der Waals surface area contributed by atoms with E-state index in [2.05, 4.69) is 11.4 Å². The van der Waals surface area contributed by atoms with Gasteiger partial charge in [-0.3, -0.25) is 0 Å². The maximum Gasteiger partial charge on any atom is 0.263 e. The second kappa shape index (κ2) is 6.38. The lowest BCUT2D eigenvalue weighted by Crippen LogP contribution is -2.13. The van der Waals surface area contributed by atoms with Crippen molar-refractivity contribution in [3.05, 3.63) is 47.0 Å². The van der Waals surface area contributed by atoms with Gasteiger partial charge in [0.15, 0.2) is 0 Å². The fourth-order valence-corrected chi connectivity index (χ4v) is 1.27. The van der Waals surface area contributed by atoms with E-state index in [9.17, 15) is 8.78 Å². The predicted molar refractivity (Wildman–Crippen MR) is 62.5 cm³/mol. The molecule has 1 nitrogen and oxygen atoms in total. The zero-order valence-electron chi connectivity index (χ0n) is 9.63. The van der Waals surface area contributed by atoms with Crippen LogP contribution in [0.1, 0.15) is 31.4 Å². The van der Waals surface area contributed by atoms with Gasteiger partial charge >= 0.3 is 0 Å². The summed E-state index contributed by atoms with van der Waals surface area (Å²) in [5, 5.41) is 3.22. The van der Waals surface area contributed by atoms with Gasteiger partial charge < -0.3 is 5.32 Å². The SMILES string of the molecule is CC(C)=CCNCc1ccc(C(F)F)cc1. The minimum absolute atomic E-state index is 0.0769. The molecule has 1 rings (SSSR count). The number of halogens is 2. The summed E-state index contributed by atoms with van der Waals surface area (Å²) in [5.74, 6) is 0. The number of hydrogen-bond donors (Lipinski definition) is 1. The van der Waals surface area contributed by atoms with E-state index < -0.39 is 6.43 Å². The van der Waals surface area contributed by atoms with E-state index in [0.29, 0.717) is 6.54 Å². The third-order valence-corrected chi connectivity index (χ3v) is 2.22. The number of rotatable bonds is 5. The molecule has 0 saturated heterocycles. The van der Waals surface area contributed by atoms with E-state index >= 15 is 0 Å². The van der Waals surface area contributed by atoms with E-state index in [0.717, 1.165) is 12.1 Å². The van der Waals surface area contributed by atoms with Gasteiger partial charge in [-0.25, -0.2) is 8.78 Å². The van der Waals surface area contributed by atoms with E-state index in [4.69, 9.17) is 0 Å². The van der Waals surface area contributed by atoms with E-state index in [1.54, 1.807) is 12.1 Å². The summed E-state index contributed by atoms with van der Waals surface area (Å²) in [5.41, 5.74) is 2.36. The smallest absolute Gasteiger partial charge is 0.263 e. The third-order valence-electron chi connectivity index (χ3n) is 2.22. The molecule has 0 atom stereocenters. The van der Waals surface area contributed by atoms with Crippen LogP contribution in [-0.2, 0) is 6.54 Å². The lowest BCUT2D eigenvalue weighted by Gasteiger charge is -2.04. The summed E-state index contributed by atoms with van der Waals surface area (Å²) in [6.45, 7) is 5.59. The van der Waals surface area contributed by atoms with Gasteiger partial charge in [0, 0.05) is 18.7 Å². The van der Waals surface area contributed by atoms with Crippen LogP contribution in [-0.4, -0.2) is 6.54 Å². The van der Waals surface area contributed by atoms with Gasteiger partial charge in [0.1, 0.15) is 0 Å². The van der Waals surface area contributed by atoms with Gasteiger partial charge in [-0.15, -0.1) is 0 Å². The molecule has 0 unspecified atom stereocenters. The number of hydrogen-bond acceptors (Lipinski definition) is 1. The first-order chi connectivity index (χ1) is 7.59. The molecule has 1 aromatic carbocycles. The first-order valence-electron chi connectivity index (χ1n) is 5.30. The summed E-state index contributed by atoms with van der Waals surface area (Å²) in [6, 6.07) is 6.42. The van der Waals surface area contributed by atoms with Crippen molar-refractivity contribution >= 4 is 0 Å². The molecule has 0 aromatic heterocycles. The lowest BCUT2D eigenvalue weighted by atomic mass is 10.1. The van der Waals surface area contributed by atoms with E-state index in [1.165, 1.54) is 17.7 Å². The van der Waals surface area contributed by atoms with E-state index in [-0.39, 0.29) is 5.56 Å². The van der Waals surface area contributed by atoms with Crippen LogP contribution in [0.4, 0.5) is 8.78 Å². The van der Waals surface area contributed by atoms with Crippen molar-refractivity contribution in [1.82, 2.24) is 5.32 Å². The molecular weight excluding hydrogens is 208 g/mol. The Morgan fingerprint density at radius 2 is 1.88 bits per heavy atom. The van der Waals surface area contributed by atoms with Crippen molar-refractivity contribution in [2.45, 2.75) is 26.8 Å². The summed E-state index contributed by atoms with van der Waals surface area (Å²) < 4.78 is 24.5. The number of alkyl halides is 2. The van der Waals surface area contributed by atoms with Gasteiger partial charge in [0.25, 0.3) is 6.43 Å². The van der Waals surface area contributed by atoms with Gasteiger partial charge in [-0.1, -0.05) is 35.9 Å². The molecule has 0 aliphatic carbocycles. The molecule has 0 amide bonds. The zero-order chi connectivity index (χ0) is 12.0. The Kier molecular flexibility index (Phi) is 5.12. The first-order valence-corrected chi connectivity index (χ1v) is 5.30. The molecule has 1 N–H and O–H groups in total. The Balaban J connectivity index is 2.41. The highest BCUT2D eigenvalue weighted by Crippen LogP contribution is 2.18. The van der Waals surface area contributed by atoms with Crippen molar-refractivity contribution in [2.75, 3.05) is 6.54 Å². The molecular formula is C13H17F2N. The average molecular weight is 225 g/mol. The fraction of sp³-hybridized carbons (Fsp3) is 0.385. The fourth-order valence-electron chi connectivity index (χ4n) is 1.27. The molecule has 0 aliphatic rings. The Morgan fingerprint density at radius 1 is 1.25 bits per heavy atom. The standard InChI is InChI=1S/C13H17F2N/c1-10(2)7-8-16-9-11-3-5-12(6-4-11)13(14)15/h3-7,13,16H,8-9H2,1-2H3. The average Bonchev–Trinajstić information content (AvgIpc) is 2.25. The lowest BCUT2D eigenvalue weighted by molar-refractivity contribution is 0.151. The molecule has 0 saturated carbocycles. The first kappa shape index (κ1) is 12.8. The van der Waals surface area contributed by atoms with Crippen LogP contribution in [0.15, 0.2) is 35.9 Å². The highest BCUT2D eigenvalue weighted by atomic mass is 19.3. The Labute approximate surface area is 95.2 Å². The summed E-state index contributed by atoms with van der Waals surface area (Å²) >= 11 is 0. The van der Waals surface area contributed by atoms with Crippen molar-refractivity contribution in [3.63, 3.8) is 0 Å². The normalized spacial score (nSPS) is 10.6. The molecule has 0 fully saturated rings. The summed E-state index contributed by atoms with van der Waals surface area (Å²) in [7, 11) is 0. The number of benzene rings is 1. The Hall–Kier alpha value is -1.22. The molecule has 3 heteroatoms. The van der Waals surface area contributed by atoms with Gasteiger partial charge in [0.2, 0.25) is 0 Å². The van der Waals surface area contributed by atoms with Crippen LogP contribution in [0.5, 0.6) is 0 Å². The third kappa shape index (κ3) is 4.53. The molecule has 0 spiro atoms. The zero-order valence-corrected chi connectivity index (χ0v) is 9.63.